The molecule has 1 amide bonds. The highest BCUT2D eigenvalue weighted by molar-refractivity contribution is 14.0. The number of aliphatic imine (C=N–C) groups is 1. The highest BCUT2D eigenvalue weighted by Gasteiger charge is 2.29. The molecule has 1 heterocycles. The number of rotatable bonds is 8. The van der Waals surface area contributed by atoms with Crippen LogP contribution in [0.3, 0.4) is 0 Å². The maximum Gasteiger partial charge on any atom is 0.269 e. The third-order valence-electron chi connectivity index (χ3n) is 5.20. The van der Waals surface area contributed by atoms with Crippen molar-refractivity contribution in [3.05, 3.63) is 75.8 Å². The third kappa shape index (κ3) is 7.50. The molecular weight excluding hydrogens is 509 g/mol. The molecule has 0 aromatic heterocycles. The Bertz CT molecular complexity index is 890. The first-order valence-corrected chi connectivity index (χ1v) is 10.0. The summed E-state index contributed by atoms with van der Waals surface area (Å²) in [4.78, 5) is 28.8. The van der Waals surface area contributed by atoms with Crippen LogP contribution < -0.4 is 10.6 Å². The van der Waals surface area contributed by atoms with E-state index in [-0.39, 0.29) is 41.5 Å². The van der Waals surface area contributed by atoms with Crippen molar-refractivity contribution < 1.29 is 9.72 Å². The first kappa shape index (κ1) is 24.6. The molecule has 8 nitrogen and oxygen atoms in total. The van der Waals surface area contributed by atoms with Crippen molar-refractivity contribution in [2.75, 3.05) is 26.7 Å². The molecule has 0 saturated carbocycles. The Morgan fingerprint density at radius 3 is 2.48 bits per heavy atom. The van der Waals surface area contributed by atoms with Gasteiger partial charge in [-0.2, -0.15) is 0 Å². The highest BCUT2D eigenvalue weighted by atomic mass is 127. The predicted octanol–water partition coefficient (Wildman–Crippen LogP) is 2.97. The normalized spacial score (nSPS) is 16.0. The first-order chi connectivity index (χ1) is 14.5. The minimum atomic E-state index is -0.413. The number of nitro groups is 1. The Kier molecular flexibility index (Phi) is 9.70. The van der Waals surface area contributed by atoms with Crippen molar-refractivity contribution in [1.82, 2.24) is 15.5 Å². The van der Waals surface area contributed by atoms with Gasteiger partial charge in [-0.1, -0.05) is 42.5 Å². The van der Waals surface area contributed by atoms with Crippen LogP contribution in [0.1, 0.15) is 17.5 Å². The molecule has 1 unspecified atom stereocenters. The Morgan fingerprint density at radius 2 is 1.84 bits per heavy atom. The number of benzene rings is 2. The molecule has 0 radical (unpaired) electrons. The van der Waals surface area contributed by atoms with Crippen LogP contribution in [0.2, 0.25) is 0 Å². The van der Waals surface area contributed by atoms with Crippen LogP contribution in [0.15, 0.2) is 59.6 Å². The molecule has 0 aliphatic carbocycles. The largest absolute Gasteiger partial charge is 0.356 e. The molecule has 1 aliphatic rings. The average Bonchev–Trinajstić information content (AvgIpc) is 3.13. The maximum absolute atomic E-state index is 12.3. The Hall–Kier alpha value is -2.69. The van der Waals surface area contributed by atoms with E-state index in [0.29, 0.717) is 25.5 Å². The lowest BCUT2D eigenvalue weighted by Crippen LogP contribution is -2.40. The van der Waals surface area contributed by atoms with E-state index in [1.54, 1.807) is 19.2 Å². The zero-order valence-corrected chi connectivity index (χ0v) is 19.8. The lowest BCUT2D eigenvalue weighted by Gasteiger charge is -2.18. The van der Waals surface area contributed by atoms with Gasteiger partial charge >= 0.3 is 0 Å². The van der Waals surface area contributed by atoms with Crippen LogP contribution >= 0.6 is 24.0 Å². The van der Waals surface area contributed by atoms with Gasteiger partial charge in [-0.25, -0.2) is 0 Å². The summed E-state index contributed by atoms with van der Waals surface area (Å²) in [6.45, 7) is 2.66. The molecule has 0 bridgehead atoms. The smallest absolute Gasteiger partial charge is 0.269 e. The molecule has 166 valence electrons. The van der Waals surface area contributed by atoms with E-state index in [1.165, 1.54) is 17.7 Å². The van der Waals surface area contributed by atoms with Crippen LogP contribution in [-0.4, -0.2) is 48.4 Å². The van der Waals surface area contributed by atoms with Gasteiger partial charge in [-0.3, -0.25) is 19.9 Å². The summed E-state index contributed by atoms with van der Waals surface area (Å²) in [7, 11) is 1.69. The van der Waals surface area contributed by atoms with Crippen molar-refractivity contribution in [2.24, 2.45) is 10.9 Å². The molecule has 31 heavy (non-hydrogen) atoms. The number of carbonyl (C=O) groups is 1. The SMILES string of the molecule is CN=C(NCc1ccc([N+](=O)[O-])cc1)NCC1CC(=O)N(CCc2ccccc2)C1.I. The van der Waals surface area contributed by atoms with Gasteiger partial charge in [0, 0.05) is 57.7 Å². The van der Waals surface area contributed by atoms with Crippen molar-refractivity contribution in [3.63, 3.8) is 0 Å². The molecule has 2 aromatic carbocycles. The van der Waals surface area contributed by atoms with Crippen molar-refractivity contribution >= 4 is 41.5 Å². The first-order valence-electron chi connectivity index (χ1n) is 10.0. The number of nitrogens with zero attached hydrogens (tertiary/aromatic N) is 3. The van der Waals surface area contributed by atoms with Gasteiger partial charge in [0.25, 0.3) is 5.69 Å². The maximum atomic E-state index is 12.3. The van der Waals surface area contributed by atoms with Crippen LogP contribution in [0.25, 0.3) is 0 Å². The second-order valence-electron chi connectivity index (χ2n) is 7.38. The van der Waals surface area contributed by atoms with Crippen molar-refractivity contribution in [1.29, 1.82) is 0 Å². The zero-order chi connectivity index (χ0) is 21.3. The van der Waals surface area contributed by atoms with E-state index in [4.69, 9.17) is 0 Å². The molecule has 1 saturated heterocycles. The number of guanidine groups is 1. The summed E-state index contributed by atoms with van der Waals surface area (Å²) in [5.74, 6) is 1.08. The molecule has 1 aliphatic heterocycles. The fraction of sp³-hybridized carbons (Fsp3) is 0.364. The van der Waals surface area contributed by atoms with Gasteiger partial charge in [-0.05, 0) is 17.5 Å². The second-order valence-corrected chi connectivity index (χ2v) is 7.38. The fourth-order valence-electron chi connectivity index (χ4n) is 3.50. The number of nitro benzene ring substituents is 1. The Balaban J connectivity index is 0.00000341. The van der Waals surface area contributed by atoms with Crippen LogP contribution in [0.5, 0.6) is 0 Å². The van der Waals surface area contributed by atoms with Gasteiger partial charge in [-0.15, -0.1) is 24.0 Å². The second kappa shape index (κ2) is 12.2. The lowest BCUT2D eigenvalue weighted by molar-refractivity contribution is -0.384. The standard InChI is InChI=1S/C22H27N5O3.HI/c1-23-22(24-14-18-7-9-20(10-8-18)27(29)30)25-15-19-13-21(28)26(16-19)12-11-17-5-3-2-4-6-17;/h2-10,19H,11-16H2,1H3,(H2,23,24,25);1H. The topological polar surface area (TPSA) is 99.9 Å². The number of likely N-dealkylation sites (tertiary alicyclic amines) is 1. The summed E-state index contributed by atoms with van der Waals surface area (Å²) in [5, 5.41) is 17.2. The summed E-state index contributed by atoms with van der Waals surface area (Å²) in [6, 6.07) is 16.6. The van der Waals surface area contributed by atoms with E-state index in [2.05, 4.69) is 27.8 Å². The van der Waals surface area contributed by atoms with E-state index in [0.717, 1.165) is 25.1 Å². The quantitative estimate of drug-likeness (QED) is 0.177. The number of nitrogens with one attached hydrogen (secondary N) is 2. The molecule has 3 rings (SSSR count). The van der Waals surface area contributed by atoms with E-state index >= 15 is 0 Å². The number of non-ortho nitro benzene ring substituents is 1. The van der Waals surface area contributed by atoms with Gasteiger partial charge in [0.1, 0.15) is 0 Å². The van der Waals surface area contributed by atoms with Gasteiger partial charge in [0.2, 0.25) is 5.91 Å². The third-order valence-corrected chi connectivity index (χ3v) is 5.20. The van der Waals surface area contributed by atoms with E-state index < -0.39 is 4.92 Å². The minimum Gasteiger partial charge on any atom is -0.356 e. The van der Waals surface area contributed by atoms with Gasteiger partial charge in [0.05, 0.1) is 4.92 Å². The monoisotopic (exact) mass is 537 g/mol. The summed E-state index contributed by atoms with van der Waals surface area (Å²) >= 11 is 0. The number of halogens is 1. The number of amides is 1. The molecular formula is C22H28IN5O3. The Labute approximate surface area is 199 Å². The van der Waals surface area contributed by atoms with Crippen molar-refractivity contribution in [3.8, 4) is 0 Å². The average molecular weight is 537 g/mol. The summed E-state index contributed by atoms with van der Waals surface area (Å²) in [6.07, 6.45) is 1.41. The number of hydrogen-bond donors (Lipinski definition) is 2. The molecule has 1 atom stereocenters. The van der Waals surface area contributed by atoms with E-state index in [1.807, 2.05) is 23.1 Å². The predicted molar refractivity (Wildman–Crippen MR) is 132 cm³/mol. The van der Waals surface area contributed by atoms with Crippen LogP contribution in [-0.2, 0) is 17.8 Å². The van der Waals surface area contributed by atoms with Crippen LogP contribution in [0.4, 0.5) is 5.69 Å². The summed E-state index contributed by atoms with van der Waals surface area (Å²) < 4.78 is 0. The van der Waals surface area contributed by atoms with Gasteiger partial charge < -0.3 is 15.5 Å². The fourth-order valence-corrected chi connectivity index (χ4v) is 3.50. The summed E-state index contributed by atoms with van der Waals surface area (Å²) in [5.41, 5.74) is 2.23. The molecule has 2 N–H and O–H groups in total. The molecule has 0 spiro atoms. The van der Waals surface area contributed by atoms with E-state index in [9.17, 15) is 14.9 Å². The molecule has 9 heteroatoms. The minimum absolute atomic E-state index is 0. The molecule has 1 fully saturated rings. The van der Waals surface area contributed by atoms with Crippen LogP contribution in [0, 0.1) is 16.0 Å². The number of hydrogen-bond acceptors (Lipinski definition) is 4. The van der Waals surface area contributed by atoms with Gasteiger partial charge in [0.15, 0.2) is 5.96 Å². The zero-order valence-electron chi connectivity index (χ0n) is 17.5. The van der Waals surface area contributed by atoms with Crippen molar-refractivity contribution in [2.45, 2.75) is 19.4 Å². The number of carbonyl (C=O) groups excluding carboxylic acids is 1. The highest BCUT2D eigenvalue weighted by Crippen LogP contribution is 2.17. The lowest BCUT2D eigenvalue weighted by atomic mass is 10.1. The Morgan fingerprint density at radius 1 is 1.13 bits per heavy atom. The molecule has 2 aromatic rings.